The fourth-order valence-electron chi connectivity index (χ4n) is 1.76. The van der Waals surface area contributed by atoms with Gasteiger partial charge in [0.1, 0.15) is 6.04 Å². The quantitative estimate of drug-likeness (QED) is 0.585. The molecule has 1 aromatic rings. The lowest BCUT2D eigenvalue weighted by Crippen LogP contribution is -2.32. The zero-order chi connectivity index (χ0) is 14.1. The Balaban J connectivity index is 2.67. The number of thioether (sulfide) groups is 1. The van der Waals surface area contributed by atoms with Gasteiger partial charge in [-0.3, -0.25) is 0 Å². The molecule has 0 saturated heterocycles. The van der Waals surface area contributed by atoms with Gasteiger partial charge in [-0.2, -0.15) is 11.8 Å². The molecule has 0 aliphatic carbocycles. The smallest absolute Gasteiger partial charge is 0.328 e. The molecule has 19 heavy (non-hydrogen) atoms. The highest BCUT2D eigenvalue weighted by atomic mass is 32.2. The van der Waals surface area contributed by atoms with E-state index in [2.05, 4.69) is 12.2 Å². The SMILES string of the molecule is CCOC(=O)C(CCSCC)Nc1ccccc1C. The van der Waals surface area contributed by atoms with Crippen molar-refractivity contribution in [1.29, 1.82) is 0 Å². The van der Waals surface area contributed by atoms with Crippen LogP contribution in [-0.4, -0.2) is 30.1 Å². The summed E-state index contributed by atoms with van der Waals surface area (Å²) in [6.45, 7) is 6.42. The van der Waals surface area contributed by atoms with Crippen molar-refractivity contribution in [3.05, 3.63) is 29.8 Å². The van der Waals surface area contributed by atoms with Crippen LogP contribution in [0, 0.1) is 6.92 Å². The number of ether oxygens (including phenoxy) is 1. The molecule has 0 fully saturated rings. The van der Waals surface area contributed by atoms with E-state index in [4.69, 9.17) is 4.74 Å². The van der Waals surface area contributed by atoms with Crippen molar-refractivity contribution in [2.45, 2.75) is 33.2 Å². The number of anilines is 1. The van der Waals surface area contributed by atoms with Gasteiger partial charge in [0.05, 0.1) is 6.61 Å². The molecule has 3 nitrogen and oxygen atoms in total. The molecule has 0 bridgehead atoms. The van der Waals surface area contributed by atoms with Crippen molar-refractivity contribution in [2.24, 2.45) is 0 Å². The van der Waals surface area contributed by atoms with Crippen LogP contribution in [0.15, 0.2) is 24.3 Å². The molecule has 1 atom stereocenters. The summed E-state index contributed by atoms with van der Waals surface area (Å²) >= 11 is 1.84. The highest BCUT2D eigenvalue weighted by Gasteiger charge is 2.19. The van der Waals surface area contributed by atoms with Gasteiger partial charge in [0.25, 0.3) is 0 Å². The third-order valence-electron chi connectivity index (χ3n) is 2.80. The van der Waals surface area contributed by atoms with Crippen molar-refractivity contribution < 1.29 is 9.53 Å². The number of hydrogen-bond donors (Lipinski definition) is 1. The monoisotopic (exact) mass is 281 g/mol. The second-order valence-electron chi connectivity index (χ2n) is 4.25. The topological polar surface area (TPSA) is 38.3 Å². The molecule has 4 heteroatoms. The molecule has 0 saturated carbocycles. The number of aryl methyl sites for hydroxylation is 1. The minimum atomic E-state index is -0.264. The normalized spacial score (nSPS) is 11.9. The highest BCUT2D eigenvalue weighted by Crippen LogP contribution is 2.17. The lowest BCUT2D eigenvalue weighted by molar-refractivity contribution is -0.144. The van der Waals surface area contributed by atoms with Gasteiger partial charge < -0.3 is 10.1 Å². The van der Waals surface area contributed by atoms with Gasteiger partial charge in [0, 0.05) is 5.69 Å². The van der Waals surface area contributed by atoms with Crippen LogP contribution in [0.3, 0.4) is 0 Å². The first-order chi connectivity index (χ1) is 9.19. The number of benzene rings is 1. The minimum absolute atomic E-state index is 0.164. The van der Waals surface area contributed by atoms with Crippen LogP contribution >= 0.6 is 11.8 Å². The maximum Gasteiger partial charge on any atom is 0.328 e. The van der Waals surface area contributed by atoms with E-state index >= 15 is 0 Å². The minimum Gasteiger partial charge on any atom is -0.464 e. The van der Waals surface area contributed by atoms with Crippen LogP contribution < -0.4 is 5.32 Å². The maximum absolute atomic E-state index is 12.0. The predicted molar refractivity (Wildman–Crippen MR) is 82.8 cm³/mol. The molecule has 0 aliphatic rings. The van der Waals surface area contributed by atoms with Gasteiger partial charge >= 0.3 is 5.97 Å². The summed E-state index contributed by atoms with van der Waals surface area (Å²) in [5, 5.41) is 3.30. The summed E-state index contributed by atoms with van der Waals surface area (Å²) in [4.78, 5) is 12.0. The van der Waals surface area contributed by atoms with E-state index in [-0.39, 0.29) is 12.0 Å². The number of carbonyl (C=O) groups excluding carboxylic acids is 1. The number of hydrogen-bond acceptors (Lipinski definition) is 4. The Bertz CT molecular complexity index is 395. The van der Waals surface area contributed by atoms with E-state index in [1.807, 2.05) is 49.9 Å². The number of rotatable bonds is 8. The highest BCUT2D eigenvalue weighted by molar-refractivity contribution is 7.99. The van der Waals surface area contributed by atoms with Gasteiger partial charge in [0.15, 0.2) is 0 Å². The first-order valence-electron chi connectivity index (χ1n) is 6.75. The predicted octanol–water partition coefficient (Wildman–Crippen LogP) is 3.48. The molecule has 0 aromatic heterocycles. The lowest BCUT2D eigenvalue weighted by atomic mass is 10.1. The Hall–Kier alpha value is -1.16. The summed E-state index contributed by atoms with van der Waals surface area (Å²) in [7, 11) is 0. The third-order valence-corrected chi connectivity index (χ3v) is 3.73. The van der Waals surface area contributed by atoms with E-state index in [1.165, 1.54) is 0 Å². The van der Waals surface area contributed by atoms with E-state index in [0.29, 0.717) is 6.61 Å². The van der Waals surface area contributed by atoms with Crippen LogP contribution in [0.5, 0.6) is 0 Å². The molecule has 1 unspecified atom stereocenters. The van der Waals surface area contributed by atoms with Crippen molar-refractivity contribution in [3.8, 4) is 0 Å². The van der Waals surface area contributed by atoms with Gasteiger partial charge in [-0.05, 0) is 43.4 Å². The summed E-state index contributed by atoms with van der Waals surface area (Å²) in [6, 6.07) is 7.73. The van der Waals surface area contributed by atoms with Gasteiger partial charge in [-0.1, -0.05) is 25.1 Å². The zero-order valence-electron chi connectivity index (χ0n) is 11.9. The molecular weight excluding hydrogens is 258 g/mol. The molecule has 1 rings (SSSR count). The first kappa shape index (κ1) is 15.9. The molecule has 0 amide bonds. The summed E-state index contributed by atoms with van der Waals surface area (Å²) < 4.78 is 5.14. The van der Waals surface area contributed by atoms with Crippen molar-refractivity contribution in [3.63, 3.8) is 0 Å². The first-order valence-corrected chi connectivity index (χ1v) is 7.91. The Labute approximate surface area is 120 Å². The average molecular weight is 281 g/mol. The average Bonchev–Trinajstić information content (AvgIpc) is 2.40. The standard InChI is InChI=1S/C15H23NO2S/c1-4-18-15(17)14(10-11-19-5-2)16-13-9-7-6-8-12(13)3/h6-9,14,16H,4-5,10-11H2,1-3H3. The van der Waals surface area contributed by atoms with Crippen LogP contribution in [0.4, 0.5) is 5.69 Å². The van der Waals surface area contributed by atoms with Crippen LogP contribution in [0.1, 0.15) is 25.8 Å². The molecule has 0 heterocycles. The Morgan fingerprint density at radius 1 is 1.37 bits per heavy atom. The van der Waals surface area contributed by atoms with Crippen LogP contribution in [0.2, 0.25) is 0 Å². The molecule has 0 aliphatic heterocycles. The Morgan fingerprint density at radius 3 is 2.74 bits per heavy atom. The number of nitrogens with one attached hydrogen (secondary N) is 1. The van der Waals surface area contributed by atoms with Crippen molar-refractivity contribution in [1.82, 2.24) is 0 Å². The van der Waals surface area contributed by atoms with E-state index in [9.17, 15) is 4.79 Å². The Kier molecular flexibility index (Phi) is 7.41. The second-order valence-corrected chi connectivity index (χ2v) is 5.64. The summed E-state index contributed by atoms with van der Waals surface area (Å²) in [6.07, 6.45) is 0.783. The van der Waals surface area contributed by atoms with Crippen LogP contribution in [-0.2, 0) is 9.53 Å². The molecule has 0 radical (unpaired) electrons. The molecule has 1 N–H and O–H groups in total. The fourth-order valence-corrected chi connectivity index (χ4v) is 2.45. The maximum atomic E-state index is 12.0. The largest absolute Gasteiger partial charge is 0.464 e. The number of para-hydroxylation sites is 1. The Morgan fingerprint density at radius 2 is 2.11 bits per heavy atom. The van der Waals surface area contributed by atoms with Gasteiger partial charge in [-0.15, -0.1) is 0 Å². The molecule has 0 spiro atoms. The van der Waals surface area contributed by atoms with Crippen molar-refractivity contribution >= 4 is 23.4 Å². The summed E-state index contributed by atoms with van der Waals surface area (Å²) in [5.41, 5.74) is 2.14. The fraction of sp³-hybridized carbons (Fsp3) is 0.533. The van der Waals surface area contributed by atoms with Crippen LogP contribution in [0.25, 0.3) is 0 Å². The van der Waals surface area contributed by atoms with Gasteiger partial charge in [-0.25, -0.2) is 4.79 Å². The summed E-state index contributed by atoms with van der Waals surface area (Å²) in [5.74, 6) is 1.86. The molecule has 106 valence electrons. The second kappa shape index (κ2) is 8.86. The van der Waals surface area contributed by atoms with Crippen molar-refractivity contribution in [2.75, 3.05) is 23.4 Å². The van der Waals surface area contributed by atoms with E-state index in [1.54, 1.807) is 0 Å². The van der Waals surface area contributed by atoms with Gasteiger partial charge in [0.2, 0.25) is 0 Å². The molecule has 1 aromatic carbocycles. The number of esters is 1. The molecular formula is C15H23NO2S. The zero-order valence-corrected chi connectivity index (χ0v) is 12.8. The number of carbonyl (C=O) groups is 1. The van der Waals surface area contributed by atoms with E-state index < -0.39 is 0 Å². The third kappa shape index (κ3) is 5.55. The van der Waals surface area contributed by atoms with E-state index in [0.717, 1.165) is 29.2 Å². The lowest BCUT2D eigenvalue weighted by Gasteiger charge is -2.19.